The lowest BCUT2D eigenvalue weighted by atomic mass is 10.4. The molecule has 7 heteroatoms. The molecule has 0 fully saturated rings. The van der Waals surface area contributed by atoms with E-state index >= 15 is 0 Å². The average Bonchev–Trinajstić information content (AvgIpc) is 2.27. The monoisotopic (exact) mass is 230 g/mol. The van der Waals surface area contributed by atoms with Gasteiger partial charge in [-0.3, -0.25) is 0 Å². The Morgan fingerprint density at radius 1 is 1.60 bits per heavy atom. The normalized spacial score (nSPS) is 13.7. The summed E-state index contributed by atoms with van der Waals surface area (Å²) >= 11 is 0. The van der Waals surface area contributed by atoms with E-state index in [4.69, 9.17) is 5.73 Å². The van der Waals surface area contributed by atoms with Crippen LogP contribution >= 0.6 is 0 Å². The Morgan fingerprint density at radius 3 is 2.87 bits per heavy atom. The molecule has 0 bridgehead atoms. The van der Waals surface area contributed by atoms with Gasteiger partial charge < -0.3 is 5.73 Å². The van der Waals surface area contributed by atoms with Gasteiger partial charge in [-0.15, -0.1) is 0 Å². The van der Waals surface area contributed by atoms with Crippen molar-refractivity contribution < 1.29 is 8.42 Å². The lowest BCUT2D eigenvalue weighted by Gasteiger charge is -2.11. The van der Waals surface area contributed by atoms with E-state index in [0.717, 1.165) is 0 Å². The minimum Gasteiger partial charge on any atom is -0.329 e. The topological polar surface area (TPSA) is 98.0 Å². The van der Waals surface area contributed by atoms with Crippen molar-refractivity contribution in [2.45, 2.75) is 18.7 Å². The van der Waals surface area contributed by atoms with Crippen molar-refractivity contribution in [3.63, 3.8) is 0 Å². The summed E-state index contributed by atoms with van der Waals surface area (Å²) in [6.45, 7) is 1.82. The van der Waals surface area contributed by atoms with E-state index in [9.17, 15) is 8.42 Å². The molecule has 15 heavy (non-hydrogen) atoms. The van der Waals surface area contributed by atoms with E-state index < -0.39 is 15.3 Å². The van der Waals surface area contributed by atoms with E-state index in [1.54, 1.807) is 19.2 Å². The van der Waals surface area contributed by atoms with Crippen LogP contribution in [0.4, 0.5) is 0 Å². The minimum atomic E-state index is -3.34. The first-order valence-electron chi connectivity index (χ1n) is 4.49. The maximum absolute atomic E-state index is 11.5. The van der Waals surface area contributed by atoms with Crippen LogP contribution < -0.4 is 10.5 Å². The molecule has 1 unspecified atom stereocenters. The molecule has 1 heterocycles. The van der Waals surface area contributed by atoms with Crippen molar-refractivity contribution in [3.05, 3.63) is 24.3 Å². The third-order valence-corrected chi connectivity index (χ3v) is 3.76. The van der Waals surface area contributed by atoms with E-state index in [0.29, 0.717) is 5.69 Å². The summed E-state index contributed by atoms with van der Waals surface area (Å²) in [6.07, 6.45) is 2.93. The van der Waals surface area contributed by atoms with E-state index in [1.165, 1.54) is 6.33 Å². The summed E-state index contributed by atoms with van der Waals surface area (Å²) < 4.78 is 25.4. The van der Waals surface area contributed by atoms with Gasteiger partial charge in [0, 0.05) is 12.7 Å². The first-order valence-corrected chi connectivity index (χ1v) is 6.04. The molecule has 0 radical (unpaired) electrons. The summed E-state index contributed by atoms with van der Waals surface area (Å²) in [5.74, 6) is 0. The van der Waals surface area contributed by atoms with Crippen LogP contribution in [0.3, 0.4) is 0 Å². The number of sulfonamides is 1. The van der Waals surface area contributed by atoms with Crippen LogP contribution in [-0.4, -0.2) is 30.2 Å². The minimum absolute atomic E-state index is 0.0963. The molecule has 6 nitrogen and oxygen atoms in total. The van der Waals surface area contributed by atoms with Gasteiger partial charge in [0.15, 0.2) is 0 Å². The largest absolute Gasteiger partial charge is 0.329 e. The molecule has 0 saturated heterocycles. The summed E-state index contributed by atoms with van der Waals surface area (Å²) in [5, 5.41) is -0.598. The number of aromatic nitrogens is 2. The molecule has 1 rings (SSSR count). The van der Waals surface area contributed by atoms with Gasteiger partial charge in [-0.05, 0) is 13.0 Å². The number of nitrogens with one attached hydrogen (secondary N) is 1. The predicted octanol–water partition coefficient (Wildman–Crippen LogP) is -0.757. The fraction of sp³-hybridized carbons (Fsp3) is 0.500. The van der Waals surface area contributed by atoms with Gasteiger partial charge in [-0.2, -0.15) is 0 Å². The fourth-order valence-electron chi connectivity index (χ4n) is 0.866. The Bertz CT molecular complexity index is 392. The summed E-state index contributed by atoms with van der Waals surface area (Å²) in [6, 6.07) is 1.65. The van der Waals surface area contributed by atoms with Gasteiger partial charge in [0.2, 0.25) is 10.0 Å². The highest BCUT2D eigenvalue weighted by Crippen LogP contribution is 1.98. The second-order valence-corrected chi connectivity index (χ2v) is 5.30. The zero-order valence-corrected chi connectivity index (χ0v) is 9.24. The van der Waals surface area contributed by atoms with Gasteiger partial charge in [0.1, 0.15) is 6.33 Å². The highest BCUT2D eigenvalue weighted by molar-refractivity contribution is 7.90. The van der Waals surface area contributed by atoms with Crippen molar-refractivity contribution in [1.29, 1.82) is 0 Å². The fourth-order valence-corrected chi connectivity index (χ4v) is 1.75. The molecule has 0 aliphatic rings. The Hall–Kier alpha value is -1.05. The maximum Gasteiger partial charge on any atom is 0.215 e. The van der Waals surface area contributed by atoms with Crippen molar-refractivity contribution in [1.82, 2.24) is 14.7 Å². The molecule has 0 aromatic carbocycles. The Labute approximate surface area is 89.0 Å². The zero-order chi connectivity index (χ0) is 11.3. The second-order valence-electron chi connectivity index (χ2n) is 3.11. The third-order valence-electron chi connectivity index (χ3n) is 1.96. The van der Waals surface area contributed by atoms with Gasteiger partial charge >= 0.3 is 0 Å². The predicted molar refractivity (Wildman–Crippen MR) is 56.3 cm³/mol. The van der Waals surface area contributed by atoms with Crippen molar-refractivity contribution >= 4 is 10.0 Å². The van der Waals surface area contributed by atoms with Crippen LogP contribution in [0.25, 0.3) is 0 Å². The molecule has 1 atom stereocenters. The third kappa shape index (κ3) is 3.54. The smallest absolute Gasteiger partial charge is 0.215 e. The first kappa shape index (κ1) is 12.0. The molecule has 84 valence electrons. The highest BCUT2D eigenvalue weighted by atomic mass is 32.2. The number of hydrogen-bond acceptors (Lipinski definition) is 5. The highest BCUT2D eigenvalue weighted by Gasteiger charge is 2.18. The molecular formula is C8H14N4O2S. The number of rotatable bonds is 5. The number of nitrogens with zero attached hydrogens (tertiary/aromatic N) is 2. The lowest BCUT2D eigenvalue weighted by Crippen LogP contribution is -2.36. The standard InChI is InChI=1S/C8H14N4O2S/c1-7(4-9)15(13,14)12-5-8-2-3-10-6-11-8/h2-3,6-7,12H,4-5,9H2,1H3. The Morgan fingerprint density at radius 2 is 2.33 bits per heavy atom. The maximum atomic E-state index is 11.5. The SMILES string of the molecule is CC(CN)S(=O)(=O)NCc1ccncn1. The molecule has 0 spiro atoms. The quantitative estimate of drug-likeness (QED) is 0.693. The van der Waals surface area contributed by atoms with Crippen LogP contribution in [0.2, 0.25) is 0 Å². The van der Waals surface area contributed by atoms with Gasteiger partial charge in [-0.25, -0.2) is 23.1 Å². The van der Waals surface area contributed by atoms with Gasteiger partial charge in [-0.1, -0.05) is 0 Å². The second kappa shape index (κ2) is 5.15. The molecule has 3 N–H and O–H groups in total. The van der Waals surface area contributed by atoms with Gasteiger partial charge in [0.05, 0.1) is 17.5 Å². The van der Waals surface area contributed by atoms with Gasteiger partial charge in [0.25, 0.3) is 0 Å². The zero-order valence-electron chi connectivity index (χ0n) is 8.42. The van der Waals surface area contributed by atoms with E-state index in [-0.39, 0.29) is 13.1 Å². The Balaban J connectivity index is 2.58. The molecular weight excluding hydrogens is 216 g/mol. The van der Waals surface area contributed by atoms with E-state index in [1.807, 2.05) is 0 Å². The first-order chi connectivity index (χ1) is 7.06. The number of nitrogens with two attached hydrogens (primary N) is 1. The van der Waals surface area contributed by atoms with Crippen LogP contribution in [0, 0.1) is 0 Å². The molecule has 1 aromatic heterocycles. The Kier molecular flexibility index (Phi) is 4.13. The van der Waals surface area contributed by atoms with Crippen LogP contribution in [0.15, 0.2) is 18.6 Å². The van der Waals surface area contributed by atoms with Crippen LogP contribution in [0.5, 0.6) is 0 Å². The average molecular weight is 230 g/mol. The molecule has 1 aromatic rings. The molecule has 0 saturated carbocycles. The van der Waals surface area contributed by atoms with Crippen LogP contribution in [-0.2, 0) is 16.6 Å². The summed E-state index contributed by atoms with van der Waals surface area (Å²) in [4.78, 5) is 7.63. The summed E-state index contributed by atoms with van der Waals surface area (Å²) in [7, 11) is -3.34. The number of hydrogen-bond donors (Lipinski definition) is 2. The molecule has 0 amide bonds. The van der Waals surface area contributed by atoms with Crippen molar-refractivity contribution in [3.8, 4) is 0 Å². The molecule has 0 aliphatic carbocycles. The van der Waals surface area contributed by atoms with Crippen molar-refractivity contribution in [2.75, 3.05) is 6.54 Å². The van der Waals surface area contributed by atoms with E-state index in [2.05, 4.69) is 14.7 Å². The van der Waals surface area contributed by atoms with Crippen LogP contribution in [0.1, 0.15) is 12.6 Å². The van der Waals surface area contributed by atoms with Crippen molar-refractivity contribution in [2.24, 2.45) is 5.73 Å². The summed E-state index contributed by atoms with van der Waals surface area (Å²) in [5.41, 5.74) is 5.91. The lowest BCUT2D eigenvalue weighted by molar-refractivity contribution is 0.568. The molecule has 0 aliphatic heterocycles.